The molecular formula is C26H34N4O2S. The molecule has 0 aliphatic carbocycles. The van der Waals surface area contributed by atoms with Crippen LogP contribution >= 0.6 is 11.8 Å². The van der Waals surface area contributed by atoms with E-state index in [9.17, 15) is 4.79 Å². The molecule has 1 heterocycles. The average molecular weight is 467 g/mol. The van der Waals surface area contributed by atoms with Gasteiger partial charge in [0.1, 0.15) is 5.75 Å². The number of ether oxygens (including phenoxy) is 1. The summed E-state index contributed by atoms with van der Waals surface area (Å²) in [7, 11) is 0. The standard InChI is InChI=1S/C26H34N4O2S/c1-16(2)21-9-11-22(12-10-21)32-20(7)25-28-29-26(30(25)17(3)4)33-15-24(31)27-23-13-8-18(5)14-19(23)6/h8-14,16-17,20H,15H2,1-7H3,(H,27,31). The molecule has 0 bridgehead atoms. The van der Waals surface area contributed by atoms with Crippen molar-refractivity contribution in [3.63, 3.8) is 0 Å². The minimum absolute atomic E-state index is 0.0682. The maximum Gasteiger partial charge on any atom is 0.234 e. The van der Waals surface area contributed by atoms with E-state index in [1.54, 1.807) is 0 Å². The van der Waals surface area contributed by atoms with E-state index in [-0.39, 0.29) is 23.8 Å². The van der Waals surface area contributed by atoms with Crippen molar-refractivity contribution in [2.75, 3.05) is 11.1 Å². The van der Waals surface area contributed by atoms with Gasteiger partial charge < -0.3 is 14.6 Å². The molecule has 33 heavy (non-hydrogen) atoms. The van der Waals surface area contributed by atoms with Crippen molar-refractivity contribution < 1.29 is 9.53 Å². The Hall–Kier alpha value is -2.80. The summed E-state index contributed by atoms with van der Waals surface area (Å²) in [6, 6.07) is 14.3. The summed E-state index contributed by atoms with van der Waals surface area (Å²) in [6.45, 7) is 14.5. The highest BCUT2D eigenvalue weighted by Gasteiger charge is 2.22. The molecule has 0 aliphatic heterocycles. The fourth-order valence-electron chi connectivity index (χ4n) is 3.61. The second kappa shape index (κ2) is 10.9. The molecule has 0 saturated heterocycles. The SMILES string of the molecule is Cc1ccc(NC(=O)CSc2nnc(C(C)Oc3ccc(C(C)C)cc3)n2C(C)C)c(C)c1. The summed E-state index contributed by atoms with van der Waals surface area (Å²) in [6.07, 6.45) is -0.275. The second-order valence-electron chi connectivity index (χ2n) is 8.94. The lowest BCUT2D eigenvalue weighted by Gasteiger charge is -2.19. The average Bonchev–Trinajstić information content (AvgIpc) is 3.19. The molecule has 0 saturated carbocycles. The van der Waals surface area contributed by atoms with Crippen molar-refractivity contribution in [3.8, 4) is 5.75 Å². The molecule has 7 heteroatoms. The van der Waals surface area contributed by atoms with Crippen LogP contribution in [0.25, 0.3) is 0 Å². The van der Waals surface area contributed by atoms with Crippen molar-refractivity contribution in [3.05, 3.63) is 65.0 Å². The fraction of sp³-hybridized carbons (Fsp3) is 0.423. The molecule has 1 amide bonds. The molecule has 0 fully saturated rings. The van der Waals surface area contributed by atoms with Crippen LogP contribution in [0.1, 0.15) is 75.2 Å². The summed E-state index contributed by atoms with van der Waals surface area (Å²) < 4.78 is 8.20. The third kappa shape index (κ3) is 6.38. The van der Waals surface area contributed by atoms with Gasteiger partial charge in [-0.3, -0.25) is 4.79 Å². The zero-order valence-corrected chi connectivity index (χ0v) is 21.4. The predicted octanol–water partition coefficient (Wildman–Crippen LogP) is 6.47. The van der Waals surface area contributed by atoms with Crippen LogP contribution in [0.2, 0.25) is 0 Å². The third-order valence-corrected chi connectivity index (χ3v) is 6.36. The highest BCUT2D eigenvalue weighted by molar-refractivity contribution is 7.99. The Morgan fingerprint density at radius 2 is 1.73 bits per heavy atom. The number of hydrogen-bond donors (Lipinski definition) is 1. The van der Waals surface area contributed by atoms with Gasteiger partial charge in [-0.1, -0.05) is 55.4 Å². The number of rotatable bonds is 9. The van der Waals surface area contributed by atoms with Gasteiger partial charge in [-0.2, -0.15) is 0 Å². The molecule has 3 aromatic rings. The van der Waals surface area contributed by atoms with Crippen molar-refractivity contribution in [2.45, 2.75) is 71.7 Å². The van der Waals surface area contributed by atoms with Crippen molar-refractivity contribution in [1.82, 2.24) is 14.8 Å². The number of aromatic nitrogens is 3. The minimum atomic E-state index is -0.275. The molecule has 1 atom stereocenters. The smallest absolute Gasteiger partial charge is 0.234 e. The molecule has 3 rings (SSSR count). The maximum absolute atomic E-state index is 12.5. The number of benzene rings is 2. The third-order valence-electron chi connectivity index (χ3n) is 5.42. The minimum Gasteiger partial charge on any atom is -0.483 e. The molecule has 1 unspecified atom stereocenters. The molecule has 6 nitrogen and oxygen atoms in total. The van der Waals surface area contributed by atoms with E-state index in [2.05, 4.69) is 61.4 Å². The lowest BCUT2D eigenvalue weighted by Crippen LogP contribution is -2.17. The summed E-state index contributed by atoms with van der Waals surface area (Å²) >= 11 is 1.38. The maximum atomic E-state index is 12.5. The Morgan fingerprint density at radius 3 is 2.33 bits per heavy atom. The topological polar surface area (TPSA) is 69.0 Å². The zero-order chi connectivity index (χ0) is 24.1. The number of thioether (sulfide) groups is 1. The number of nitrogens with zero attached hydrogens (tertiary/aromatic N) is 3. The van der Waals surface area contributed by atoms with E-state index in [0.717, 1.165) is 22.8 Å². The van der Waals surface area contributed by atoms with Gasteiger partial charge in [-0.15, -0.1) is 10.2 Å². The Balaban J connectivity index is 1.67. The molecule has 0 radical (unpaired) electrons. The van der Waals surface area contributed by atoms with Crippen LogP contribution in [0.5, 0.6) is 5.75 Å². The second-order valence-corrected chi connectivity index (χ2v) is 9.89. The van der Waals surface area contributed by atoms with Crippen LogP contribution < -0.4 is 10.1 Å². The molecule has 0 aliphatic rings. The molecule has 176 valence electrons. The van der Waals surface area contributed by atoms with E-state index < -0.39 is 0 Å². The number of carbonyl (C=O) groups excluding carboxylic acids is 1. The largest absolute Gasteiger partial charge is 0.483 e. The van der Waals surface area contributed by atoms with Gasteiger partial charge in [0, 0.05) is 11.7 Å². The van der Waals surface area contributed by atoms with E-state index in [4.69, 9.17) is 4.74 Å². The van der Waals surface area contributed by atoms with E-state index in [1.807, 2.05) is 49.6 Å². The van der Waals surface area contributed by atoms with Crippen molar-refractivity contribution >= 4 is 23.4 Å². The lowest BCUT2D eigenvalue weighted by molar-refractivity contribution is -0.113. The van der Waals surface area contributed by atoms with Crippen LogP contribution in [0.3, 0.4) is 0 Å². The van der Waals surface area contributed by atoms with E-state index in [1.165, 1.54) is 22.9 Å². The van der Waals surface area contributed by atoms with Gasteiger partial charge in [0.25, 0.3) is 0 Å². The summed E-state index contributed by atoms with van der Waals surface area (Å²) in [4.78, 5) is 12.5. The first kappa shape index (κ1) is 24.8. The number of nitrogens with one attached hydrogen (secondary N) is 1. The summed E-state index contributed by atoms with van der Waals surface area (Å²) in [5, 5.41) is 12.5. The van der Waals surface area contributed by atoms with Crippen molar-refractivity contribution in [1.29, 1.82) is 0 Å². The number of carbonyl (C=O) groups is 1. The van der Waals surface area contributed by atoms with Gasteiger partial charge in [0.05, 0.1) is 5.75 Å². The molecule has 1 aromatic heterocycles. The first-order chi connectivity index (χ1) is 15.7. The fourth-order valence-corrected chi connectivity index (χ4v) is 4.48. The first-order valence-corrected chi connectivity index (χ1v) is 12.4. The number of aryl methyl sites for hydroxylation is 2. The molecule has 1 N–H and O–H groups in total. The Morgan fingerprint density at radius 1 is 1.03 bits per heavy atom. The van der Waals surface area contributed by atoms with Gasteiger partial charge in [0.15, 0.2) is 17.1 Å². The van der Waals surface area contributed by atoms with Crippen LogP contribution in [-0.4, -0.2) is 26.4 Å². The van der Waals surface area contributed by atoms with Gasteiger partial charge in [-0.05, 0) is 69.9 Å². The predicted molar refractivity (Wildman–Crippen MR) is 135 cm³/mol. The molecule has 2 aromatic carbocycles. The van der Waals surface area contributed by atoms with Crippen LogP contribution in [0, 0.1) is 13.8 Å². The van der Waals surface area contributed by atoms with Gasteiger partial charge in [-0.25, -0.2) is 0 Å². The molecular weight excluding hydrogens is 432 g/mol. The summed E-state index contributed by atoms with van der Waals surface area (Å²) in [5.74, 6) is 2.21. The quantitative estimate of drug-likeness (QED) is 0.366. The van der Waals surface area contributed by atoms with Crippen LogP contribution in [0.15, 0.2) is 47.6 Å². The van der Waals surface area contributed by atoms with E-state index >= 15 is 0 Å². The Bertz CT molecular complexity index is 1090. The van der Waals surface area contributed by atoms with Crippen LogP contribution in [-0.2, 0) is 4.79 Å². The monoisotopic (exact) mass is 466 g/mol. The summed E-state index contributed by atoms with van der Waals surface area (Å²) in [5.41, 5.74) is 4.33. The number of amides is 1. The Kier molecular flexibility index (Phi) is 8.19. The number of anilines is 1. The first-order valence-electron chi connectivity index (χ1n) is 11.4. The zero-order valence-electron chi connectivity index (χ0n) is 20.5. The highest BCUT2D eigenvalue weighted by Crippen LogP contribution is 2.28. The molecule has 0 spiro atoms. The van der Waals surface area contributed by atoms with E-state index in [0.29, 0.717) is 11.1 Å². The Labute approximate surface area is 201 Å². The highest BCUT2D eigenvalue weighted by atomic mass is 32.2. The van der Waals surface area contributed by atoms with Crippen LogP contribution in [0.4, 0.5) is 5.69 Å². The number of hydrogen-bond acceptors (Lipinski definition) is 5. The lowest BCUT2D eigenvalue weighted by atomic mass is 10.0. The normalized spacial score (nSPS) is 12.3. The van der Waals surface area contributed by atoms with Gasteiger partial charge in [0.2, 0.25) is 5.91 Å². The van der Waals surface area contributed by atoms with Crippen molar-refractivity contribution in [2.24, 2.45) is 0 Å². The van der Waals surface area contributed by atoms with Gasteiger partial charge >= 0.3 is 0 Å².